The van der Waals surface area contributed by atoms with E-state index < -0.39 is 6.61 Å². The van der Waals surface area contributed by atoms with E-state index in [-0.39, 0.29) is 12.7 Å². The van der Waals surface area contributed by atoms with E-state index in [1.807, 2.05) is 0 Å². The summed E-state index contributed by atoms with van der Waals surface area (Å²) >= 11 is 0. The molecule has 1 radical (unpaired) electrons. The van der Waals surface area contributed by atoms with Crippen molar-refractivity contribution in [3.8, 4) is 0 Å². The number of ether oxygens (including phenoxy) is 1. The van der Waals surface area contributed by atoms with Crippen LogP contribution in [0.15, 0.2) is 0 Å². The summed E-state index contributed by atoms with van der Waals surface area (Å²) in [5, 5.41) is 10.2. The van der Waals surface area contributed by atoms with Crippen LogP contribution in [0.5, 0.6) is 0 Å². The summed E-state index contributed by atoms with van der Waals surface area (Å²) in [7, 11) is 0. The van der Waals surface area contributed by atoms with Crippen LogP contribution in [0.1, 0.15) is 19.3 Å². The number of halogens is 2. The van der Waals surface area contributed by atoms with Crippen molar-refractivity contribution in [3.63, 3.8) is 0 Å². The van der Waals surface area contributed by atoms with Crippen molar-refractivity contribution in [1.82, 2.24) is 4.90 Å². The highest BCUT2D eigenvalue weighted by atomic mass is 19.3. The van der Waals surface area contributed by atoms with Crippen LogP contribution < -0.4 is 0 Å². The van der Waals surface area contributed by atoms with Crippen LogP contribution in [0.4, 0.5) is 8.78 Å². The minimum Gasteiger partial charge on any atom is -0.320 e. The molecular formula is C9H16F2NO2. The summed E-state index contributed by atoms with van der Waals surface area (Å²) in [4.78, 5) is 2.13. The molecule has 0 atom stereocenters. The fourth-order valence-electron chi connectivity index (χ4n) is 1.70. The summed E-state index contributed by atoms with van der Waals surface area (Å²) in [5.41, 5.74) is 0. The Morgan fingerprint density at radius 1 is 1.36 bits per heavy atom. The molecule has 1 aliphatic rings. The van der Waals surface area contributed by atoms with Crippen LogP contribution in [-0.2, 0) is 9.84 Å². The smallest absolute Gasteiger partial charge is 0.320 e. The second kappa shape index (κ2) is 6.27. The molecule has 0 aromatic rings. The molecule has 1 fully saturated rings. The average Bonchev–Trinajstić information content (AvgIpc) is 2.16. The van der Waals surface area contributed by atoms with Gasteiger partial charge in [0.1, 0.15) is 0 Å². The molecule has 14 heavy (non-hydrogen) atoms. The zero-order valence-electron chi connectivity index (χ0n) is 8.12. The number of hydrogen-bond acceptors (Lipinski definition) is 2. The number of likely N-dealkylation sites (tertiary alicyclic amines) is 1. The third kappa shape index (κ3) is 4.30. The molecule has 3 nitrogen and oxygen atoms in total. The van der Waals surface area contributed by atoms with Gasteiger partial charge in [-0.25, -0.2) is 5.11 Å². The third-order valence-electron chi connectivity index (χ3n) is 2.45. The van der Waals surface area contributed by atoms with E-state index in [4.69, 9.17) is 0 Å². The van der Waals surface area contributed by atoms with Crippen molar-refractivity contribution >= 4 is 0 Å². The Kier molecular flexibility index (Phi) is 5.29. The zero-order valence-corrected chi connectivity index (χ0v) is 8.12. The number of nitrogens with zero attached hydrogens (tertiary/aromatic N) is 1. The number of rotatable bonds is 5. The van der Waals surface area contributed by atoms with E-state index in [0.717, 1.165) is 19.6 Å². The monoisotopic (exact) mass is 208 g/mol. The van der Waals surface area contributed by atoms with Crippen molar-refractivity contribution in [2.24, 2.45) is 0 Å². The minimum absolute atomic E-state index is 0.0620. The van der Waals surface area contributed by atoms with Gasteiger partial charge in [0.2, 0.25) is 0 Å². The van der Waals surface area contributed by atoms with Gasteiger partial charge in [-0.05, 0) is 19.3 Å². The first-order valence-electron chi connectivity index (χ1n) is 4.96. The van der Waals surface area contributed by atoms with Gasteiger partial charge in [0.25, 0.3) is 0 Å². The Balaban J connectivity index is 2.11. The van der Waals surface area contributed by atoms with E-state index in [1.165, 1.54) is 0 Å². The van der Waals surface area contributed by atoms with Gasteiger partial charge in [0.05, 0.1) is 12.7 Å². The molecule has 0 N–H and O–H groups in total. The lowest BCUT2D eigenvalue weighted by atomic mass is 10.1. The largest absolute Gasteiger partial charge is 0.345 e. The molecule has 0 aliphatic carbocycles. The van der Waals surface area contributed by atoms with Crippen LogP contribution in [0.2, 0.25) is 0 Å². The second-order valence-corrected chi connectivity index (χ2v) is 3.50. The number of hydrogen-bond donors (Lipinski definition) is 0. The fraction of sp³-hybridized carbons (Fsp3) is 1.00. The highest BCUT2D eigenvalue weighted by Crippen LogP contribution is 2.16. The van der Waals surface area contributed by atoms with Crippen molar-refractivity contribution in [3.05, 3.63) is 0 Å². The number of alkyl halides is 2. The maximum atomic E-state index is 11.8. The predicted molar refractivity (Wildman–Crippen MR) is 46.7 cm³/mol. The Bertz CT molecular complexity index is 150. The zero-order chi connectivity index (χ0) is 10.4. The third-order valence-corrected chi connectivity index (χ3v) is 2.45. The van der Waals surface area contributed by atoms with E-state index in [2.05, 4.69) is 9.64 Å². The van der Waals surface area contributed by atoms with Crippen molar-refractivity contribution in [2.45, 2.75) is 32.0 Å². The highest BCUT2D eigenvalue weighted by molar-refractivity contribution is 4.72. The average molecular weight is 208 g/mol. The quantitative estimate of drug-likeness (QED) is 0.686. The van der Waals surface area contributed by atoms with Crippen LogP contribution in [0.3, 0.4) is 0 Å². The lowest BCUT2D eigenvalue weighted by Gasteiger charge is -2.31. The molecule has 1 saturated heterocycles. The molecule has 1 aliphatic heterocycles. The van der Waals surface area contributed by atoms with Gasteiger partial charge in [0.15, 0.2) is 0 Å². The first-order chi connectivity index (χ1) is 6.72. The molecule has 0 unspecified atom stereocenters. The minimum atomic E-state index is -2.66. The molecule has 1 rings (SSSR count). The molecule has 0 spiro atoms. The Morgan fingerprint density at radius 3 is 2.50 bits per heavy atom. The first-order valence-corrected chi connectivity index (χ1v) is 4.96. The standard InChI is InChI=1S/C9H16F2NO2/c10-9(11)14-8-2-5-12(6-3-8)4-1-7-13/h8-9H,1-7H2. The van der Waals surface area contributed by atoms with Gasteiger partial charge in [-0.3, -0.25) is 0 Å². The molecule has 1 heterocycles. The molecule has 0 amide bonds. The maximum absolute atomic E-state index is 11.8. The van der Waals surface area contributed by atoms with Crippen LogP contribution in [-0.4, -0.2) is 43.9 Å². The van der Waals surface area contributed by atoms with Gasteiger partial charge >= 0.3 is 6.61 Å². The summed E-state index contributed by atoms with van der Waals surface area (Å²) in [6.45, 7) is -0.416. The van der Waals surface area contributed by atoms with Crippen LogP contribution in [0, 0.1) is 0 Å². The topological polar surface area (TPSA) is 32.4 Å². The molecular weight excluding hydrogens is 192 g/mol. The Hall–Kier alpha value is -0.260. The van der Waals surface area contributed by atoms with Crippen LogP contribution >= 0.6 is 0 Å². The molecule has 0 aromatic carbocycles. The summed E-state index contributed by atoms with van der Waals surface area (Å²) < 4.78 is 28.1. The van der Waals surface area contributed by atoms with E-state index in [1.54, 1.807) is 0 Å². The Labute approximate surface area is 82.7 Å². The summed E-state index contributed by atoms with van der Waals surface area (Å²) in [6.07, 6.45) is 1.62. The molecule has 0 aromatic heterocycles. The molecule has 0 saturated carbocycles. The molecule has 5 heteroatoms. The van der Waals surface area contributed by atoms with Gasteiger partial charge < -0.3 is 9.64 Å². The lowest BCUT2D eigenvalue weighted by Crippen LogP contribution is -2.38. The first kappa shape index (κ1) is 11.8. The van der Waals surface area contributed by atoms with Crippen molar-refractivity contribution in [1.29, 1.82) is 0 Å². The Morgan fingerprint density at radius 2 is 2.00 bits per heavy atom. The van der Waals surface area contributed by atoms with Crippen molar-refractivity contribution in [2.75, 3.05) is 26.2 Å². The van der Waals surface area contributed by atoms with Gasteiger partial charge in [-0.15, -0.1) is 0 Å². The highest BCUT2D eigenvalue weighted by Gasteiger charge is 2.21. The number of piperidine rings is 1. The van der Waals surface area contributed by atoms with E-state index in [0.29, 0.717) is 19.3 Å². The van der Waals surface area contributed by atoms with Gasteiger partial charge in [-0.2, -0.15) is 8.78 Å². The molecule has 0 bridgehead atoms. The second-order valence-electron chi connectivity index (χ2n) is 3.50. The maximum Gasteiger partial charge on any atom is 0.345 e. The lowest BCUT2D eigenvalue weighted by molar-refractivity contribution is -0.172. The van der Waals surface area contributed by atoms with Crippen LogP contribution in [0.25, 0.3) is 0 Å². The van der Waals surface area contributed by atoms with E-state index in [9.17, 15) is 13.9 Å². The normalized spacial score (nSPS) is 20.6. The van der Waals surface area contributed by atoms with Gasteiger partial charge in [0, 0.05) is 19.6 Å². The SMILES string of the molecule is [O]CCCN1CCC(OC(F)F)CC1. The fourth-order valence-corrected chi connectivity index (χ4v) is 1.70. The van der Waals surface area contributed by atoms with Gasteiger partial charge in [-0.1, -0.05) is 0 Å². The van der Waals surface area contributed by atoms with Crippen molar-refractivity contribution < 1.29 is 18.6 Å². The summed E-state index contributed by atoms with van der Waals surface area (Å²) in [5.74, 6) is 0. The predicted octanol–water partition coefficient (Wildman–Crippen LogP) is 1.51. The molecule has 83 valence electrons. The van der Waals surface area contributed by atoms with E-state index >= 15 is 0 Å². The summed E-state index contributed by atoms with van der Waals surface area (Å²) in [6, 6.07) is 0.